The largest absolute Gasteiger partial charge is 0.489 e. The van der Waals surface area contributed by atoms with Crippen LogP contribution in [0.15, 0.2) is 30.5 Å². The standard InChI is InChI=1S/C25H27F3N6O3/c1-14-15-6-5-7-17(25(26,27)28)20(15)36-10-11-37-23-31-18-13-29-19(12-16(18)21(30-14)32-23)34-9-8-33(4)24(2,3)22(34)35/h5-7,12-14H,8-11H2,1-4H3,(H,30,31,32)/t14-/m1/s1. The fourth-order valence-electron chi connectivity index (χ4n) is 4.50. The van der Waals surface area contributed by atoms with E-state index in [0.29, 0.717) is 41.2 Å². The fourth-order valence-corrected chi connectivity index (χ4v) is 4.50. The first-order chi connectivity index (χ1) is 17.5. The lowest BCUT2D eigenvalue weighted by molar-refractivity contribution is -0.139. The molecule has 0 radical (unpaired) electrons. The molecule has 1 fully saturated rings. The Hall–Kier alpha value is -3.67. The molecule has 1 N–H and O–H groups in total. The van der Waals surface area contributed by atoms with Gasteiger partial charge in [0.15, 0.2) is 0 Å². The maximum absolute atomic E-state index is 13.7. The summed E-state index contributed by atoms with van der Waals surface area (Å²) in [6.07, 6.45) is -3.04. The molecule has 0 saturated carbocycles. The highest BCUT2D eigenvalue weighted by atomic mass is 19.4. The number of hydrogen-bond acceptors (Lipinski definition) is 8. The molecule has 5 rings (SSSR count). The number of piperazine rings is 1. The van der Waals surface area contributed by atoms with Gasteiger partial charge in [-0.15, -0.1) is 0 Å². The summed E-state index contributed by atoms with van der Waals surface area (Å²) in [6.45, 7) is 6.40. The van der Waals surface area contributed by atoms with Gasteiger partial charge in [0, 0.05) is 24.0 Å². The van der Waals surface area contributed by atoms with Gasteiger partial charge in [-0.1, -0.05) is 12.1 Å². The van der Waals surface area contributed by atoms with Crippen LogP contribution in [0.2, 0.25) is 0 Å². The monoisotopic (exact) mass is 516 g/mol. The number of nitrogens with one attached hydrogen (secondary N) is 1. The lowest BCUT2D eigenvalue weighted by Gasteiger charge is -2.43. The van der Waals surface area contributed by atoms with Crippen molar-refractivity contribution in [1.29, 1.82) is 0 Å². The zero-order valence-electron chi connectivity index (χ0n) is 20.9. The minimum Gasteiger partial charge on any atom is -0.489 e. The van der Waals surface area contributed by atoms with Gasteiger partial charge in [-0.05, 0) is 40.0 Å². The number of anilines is 2. The van der Waals surface area contributed by atoms with E-state index in [4.69, 9.17) is 9.47 Å². The van der Waals surface area contributed by atoms with Crippen LogP contribution in [-0.4, -0.2) is 64.6 Å². The minimum absolute atomic E-state index is 0.0409. The van der Waals surface area contributed by atoms with Gasteiger partial charge >= 0.3 is 12.2 Å². The van der Waals surface area contributed by atoms with Crippen molar-refractivity contribution in [2.24, 2.45) is 0 Å². The van der Waals surface area contributed by atoms with Crippen molar-refractivity contribution in [2.45, 2.75) is 38.5 Å². The molecule has 2 bridgehead atoms. The van der Waals surface area contributed by atoms with Crippen molar-refractivity contribution in [3.8, 4) is 11.8 Å². The number of carbonyl (C=O) groups is 1. The third kappa shape index (κ3) is 4.50. The van der Waals surface area contributed by atoms with Crippen molar-refractivity contribution in [2.75, 3.05) is 43.6 Å². The second-order valence-corrected chi connectivity index (χ2v) is 9.64. The van der Waals surface area contributed by atoms with Gasteiger partial charge in [0.05, 0.1) is 28.9 Å². The van der Waals surface area contributed by atoms with Crippen LogP contribution in [0, 0.1) is 0 Å². The van der Waals surface area contributed by atoms with Crippen molar-refractivity contribution in [3.63, 3.8) is 0 Å². The molecule has 1 aromatic carbocycles. The highest BCUT2D eigenvalue weighted by Crippen LogP contribution is 2.41. The van der Waals surface area contributed by atoms with E-state index in [1.165, 1.54) is 6.07 Å². The average Bonchev–Trinajstić information content (AvgIpc) is 2.86. The van der Waals surface area contributed by atoms with Gasteiger partial charge in [-0.3, -0.25) is 14.6 Å². The van der Waals surface area contributed by atoms with Crippen molar-refractivity contribution < 1.29 is 27.4 Å². The number of para-hydroxylation sites is 1. The highest BCUT2D eigenvalue weighted by Gasteiger charge is 2.41. The van der Waals surface area contributed by atoms with Crippen LogP contribution >= 0.6 is 0 Å². The third-order valence-corrected chi connectivity index (χ3v) is 6.94. The number of fused-ring (bicyclic) bond motifs is 5. The summed E-state index contributed by atoms with van der Waals surface area (Å²) in [6, 6.07) is 5.08. The molecule has 1 saturated heterocycles. The number of pyridine rings is 1. The number of hydrogen-bond donors (Lipinski definition) is 1. The molecule has 196 valence electrons. The van der Waals surface area contributed by atoms with E-state index >= 15 is 0 Å². The van der Waals surface area contributed by atoms with Crippen molar-refractivity contribution >= 4 is 28.4 Å². The molecular formula is C25H27F3N6O3. The number of carbonyl (C=O) groups excluding carboxylic acids is 1. The number of nitrogens with zero attached hydrogens (tertiary/aromatic N) is 5. The molecule has 37 heavy (non-hydrogen) atoms. The van der Waals surface area contributed by atoms with Gasteiger partial charge in [0.2, 0.25) is 5.91 Å². The number of amides is 1. The summed E-state index contributed by atoms with van der Waals surface area (Å²) in [5, 5.41) is 3.76. The van der Waals surface area contributed by atoms with Crippen molar-refractivity contribution in [3.05, 3.63) is 41.6 Å². The molecule has 0 spiro atoms. The first kappa shape index (κ1) is 25.0. The highest BCUT2D eigenvalue weighted by molar-refractivity contribution is 6.01. The lowest BCUT2D eigenvalue weighted by Crippen LogP contribution is -2.62. The van der Waals surface area contributed by atoms with Gasteiger partial charge in [-0.2, -0.15) is 23.1 Å². The maximum Gasteiger partial charge on any atom is 0.419 e. The van der Waals surface area contributed by atoms with E-state index in [2.05, 4.69) is 20.3 Å². The fraction of sp³-hybridized carbons (Fsp3) is 0.440. The number of likely N-dealkylation sites (N-methyl/N-ethyl adjacent to an activating group) is 1. The normalized spacial score (nSPS) is 20.4. The van der Waals surface area contributed by atoms with Gasteiger partial charge in [-0.25, -0.2) is 4.98 Å². The second-order valence-electron chi connectivity index (χ2n) is 9.64. The van der Waals surface area contributed by atoms with E-state index in [0.717, 1.165) is 6.07 Å². The number of benzene rings is 1. The zero-order valence-corrected chi connectivity index (χ0v) is 20.9. The van der Waals surface area contributed by atoms with Crippen LogP contribution < -0.4 is 19.7 Å². The van der Waals surface area contributed by atoms with Crippen LogP contribution in [0.25, 0.3) is 10.9 Å². The predicted molar refractivity (Wildman–Crippen MR) is 131 cm³/mol. The Morgan fingerprint density at radius 3 is 2.65 bits per heavy atom. The van der Waals surface area contributed by atoms with E-state index in [1.54, 1.807) is 30.2 Å². The molecule has 1 atom stereocenters. The van der Waals surface area contributed by atoms with Gasteiger partial charge in [0.25, 0.3) is 0 Å². The van der Waals surface area contributed by atoms with E-state index in [-0.39, 0.29) is 30.9 Å². The molecule has 0 aliphatic carbocycles. The number of rotatable bonds is 1. The Bertz CT molecular complexity index is 1360. The van der Waals surface area contributed by atoms with E-state index in [1.807, 2.05) is 25.8 Å². The Morgan fingerprint density at radius 2 is 1.89 bits per heavy atom. The molecular weight excluding hydrogens is 489 g/mol. The van der Waals surface area contributed by atoms with Gasteiger partial charge < -0.3 is 14.8 Å². The topological polar surface area (TPSA) is 92.7 Å². The predicted octanol–water partition coefficient (Wildman–Crippen LogP) is 4.04. The van der Waals surface area contributed by atoms with Crippen LogP contribution in [0.5, 0.6) is 11.8 Å². The molecule has 0 unspecified atom stereocenters. The first-order valence-electron chi connectivity index (χ1n) is 11.9. The Kier molecular flexibility index (Phi) is 6.09. The second kappa shape index (κ2) is 9.02. The molecule has 9 nitrogen and oxygen atoms in total. The number of ether oxygens (including phenoxy) is 2. The first-order valence-corrected chi connectivity index (χ1v) is 11.9. The van der Waals surface area contributed by atoms with E-state index in [9.17, 15) is 18.0 Å². The third-order valence-electron chi connectivity index (χ3n) is 6.94. The van der Waals surface area contributed by atoms with Crippen LogP contribution in [0.3, 0.4) is 0 Å². The molecule has 2 aromatic heterocycles. The van der Waals surface area contributed by atoms with Crippen LogP contribution in [0.4, 0.5) is 24.8 Å². The summed E-state index contributed by atoms with van der Waals surface area (Å²) >= 11 is 0. The Labute approximate surface area is 211 Å². The Balaban J connectivity index is 1.58. The summed E-state index contributed by atoms with van der Waals surface area (Å²) in [5.41, 5.74) is -0.763. The molecule has 2 aliphatic rings. The van der Waals surface area contributed by atoms with E-state index < -0.39 is 23.3 Å². The SMILES string of the molecule is C[C@H]1Nc2nc(nc3cnc(N4CCN(C)C(C)(C)C4=O)cc23)OCCOc2c1cccc2C(F)(F)F. The Morgan fingerprint density at radius 1 is 1.14 bits per heavy atom. The average molecular weight is 517 g/mol. The minimum atomic E-state index is -4.58. The smallest absolute Gasteiger partial charge is 0.419 e. The molecule has 3 aromatic rings. The molecule has 1 amide bonds. The summed E-state index contributed by atoms with van der Waals surface area (Å²) in [4.78, 5) is 30.2. The molecule has 2 aliphatic heterocycles. The summed E-state index contributed by atoms with van der Waals surface area (Å²) in [7, 11) is 1.90. The number of alkyl halides is 3. The number of halogens is 3. The van der Waals surface area contributed by atoms with Crippen LogP contribution in [-0.2, 0) is 11.0 Å². The molecule has 12 heteroatoms. The lowest BCUT2D eigenvalue weighted by atomic mass is 9.98. The number of aromatic nitrogens is 3. The quantitative estimate of drug-likeness (QED) is 0.518. The molecule has 4 heterocycles. The summed E-state index contributed by atoms with van der Waals surface area (Å²) < 4.78 is 52.3. The maximum atomic E-state index is 13.7. The van der Waals surface area contributed by atoms with Gasteiger partial charge in [0.1, 0.15) is 30.6 Å². The summed E-state index contributed by atoms with van der Waals surface area (Å²) in [5.74, 6) is 0.452. The zero-order chi connectivity index (χ0) is 26.5. The van der Waals surface area contributed by atoms with Crippen LogP contribution in [0.1, 0.15) is 37.9 Å². The van der Waals surface area contributed by atoms with Crippen molar-refractivity contribution in [1.82, 2.24) is 19.9 Å².